The van der Waals surface area contributed by atoms with Gasteiger partial charge in [0.25, 0.3) is 0 Å². The highest BCUT2D eigenvalue weighted by atomic mass is 16.5. The highest BCUT2D eigenvalue weighted by Gasteiger charge is 2.33. The Bertz CT molecular complexity index is 396. The Balaban J connectivity index is 2.41. The van der Waals surface area contributed by atoms with Gasteiger partial charge >= 0.3 is 5.97 Å². The topological polar surface area (TPSA) is 58.6 Å². The molecule has 4 nitrogen and oxygen atoms in total. The van der Waals surface area contributed by atoms with Crippen LogP contribution in [0.15, 0.2) is 24.3 Å². The average Bonchev–Trinajstić information content (AvgIpc) is 2.41. The van der Waals surface area contributed by atoms with Gasteiger partial charge in [0, 0.05) is 6.54 Å². The van der Waals surface area contributed by atoms with Gasteiger partial charge in [0.1, 0.15) is 17.9 Å². The van der Waals surface area contributed by atoms with Crippen LogP contribution in [0.5, 0.6) is 5.75 Å². The zero-order valence-corrected chi connectivity index (χ0v) is 11.9. The second-order valence-corrected chi connectivity index (χ2v) is 4.68. The third-order valence-corrected chi connectivity index (χ3v) is 3.47. The summed E-state index contributed by atoms with van der Waals surface area (Å²) in [6.45, 7) is 6.76. The number of hydrogen-bond donors (Lipinski definition) is 2. The van der Waals surface area contributed by atoms with Crippen molar-refractivity contribution in [2.24, 2.45) is 0 Å². The highest BCUT2D eigenvalue weighted by Crippen LogP contribution is 2.15. The van der Waals surface area contributed by atoms with E-state index in [2.05, 4.69) is 5.32 Å². The molecule has 0 saturated carbocycles. The van der Waals surface area contributed by atoms with Crippen LogP contribution in [0.3, 0.4) is 0 Å². The van der Waals surface area contributed by atoms with Gasteiger partial charge in [0.05, 0.1) is 0 Å². The largest absolute Gasteiger partial charge is 0.492 e. The van der Waals surface area contributed by atoms with Gasteiger partial charge in [-0.3, -0.25) is 10.1 Å². The number of rotatable bonds is 8. The Morgan fingerprint density at radius 2 is 1.84 bits per heavy atom. The molecule has 0 bridgehead atoms. The van der Waals surface area contributed by atoms with Crippen LogP contribution in [-0.2, 0) is 4.79 Å². The van der Waals surface area contributed by atoms with Crippen LogP contribution in [0.2, 0.25) is 0 Å². The van der Waals surface area contributed by atoms with Crippen molar-refractivity contribution in [3.63, 3.8) is 0 Å². The van der Waals surface area contributed by atoms with Crippen LogP contribution in [0, 0.1) is 6.92 Å². The lowest BCUT2D eigenvalue weighted by atomic mass is 9.93. The first-order valence-corrected chi connectivity index (χ1v) is 6.72. The standard InChI is InChI=1S/C15H23NO3/c1-4-15(5-2,14(17)18)16-10-11-19-13-8-6-12(3)7-9-13/h6-9,16H,4-5,10-11H2,1-3H3,(H,17,18). The van der Waals surface area contributed by atoms with E-state index in [1.165, 1.54) is 5.56 Å². The number of aryl methyl sites for hydroxylation is 1. The maximum atomic E-state index is 11.3. The lowest BCUT2D eigenvalue weighted by molar-refractivity contribution is -0.145. The fourth-order valence-corrected chi connectivity index (χ4v) is 1.97. The molecule has 0 spiro atoms. The van der Waals surface area contributed by atoms with E-state index in [9.17, 15) is 9.90 Å². The smallest absolute Gasteiger partial charge is 0.323 e. The van der Waals surface area contributed by atoms with Crippen molar-refractivity contribution in [2.45, 2.75) is 39.2 Å². The first kappa shape index (κ1) is 15.5. The summed E-state index contributed by atoms with van der Waals surface area (Å²) in [4.78, 5) is 11.3. The third-order valence-electron chi connectivity index (χ3n) is 3.47. The molecule has 4 heteroatoms. The number of nitrogens with one attached hydrogen (secondary N) is 1. The van der Waals surface area contributed by atoms with Crippen molar-refractivity contribution in [3.05, 3.63) is 29.8 Å². The van der Waals surface area contributed by atoms with Gasteiger partial charge in [0.2, 0.25) is 0 Å². The van der Waals surface area contributed by atoms with Crippen LogP contribution < -0.4 is 10.1 Å². The molecule has 1 aromatic carbocycles. The first-order valence-electron chi connectivity index (χ1n) is 6.72. The molecule has 0 fully saturated rings. The van der Waals surface area contributed by atoms with E-state index in [0.717, 1.165) is 5.75 Å². The monoisotopic (exact) mass is 265 g/mol. The number of aliphatic carboxylic acids is 1. The molecule has 0 aliphatic heterocycles. The van der Waals surface area contributed by atoms with E-state index < -0.39 is 11.5 Å². The normalized spacial score (nSPS) is 11.3. The summed E-state index contributed by atoms with van der Waals surface area (Å²) in [6.07, 6.45) is 1.12. The Labute approximate surface area is 114 Å². The highest BCUT2D eigenvalue weighted by molar-refractivity contribution is 5.78. The van der Waals surface area contributed by atoms with E-state index in [4.69, 9.17) is 4.74 Å². The van der Waals surface area contributed by atoms with Gasteiger partial charge in [0.15, 0.2) is 0 Å². The van der Waals surface area contributed by atoms with Crippen molar-refractivity contribution in [3.8, 4) is 5.75 Å². The number of ether oxygens (including phenoxy) is 1. The molecule has 0 heterocycles. The maximum absolute atomic E-state index is 11.3. The van der Waals surface area contributed by atoms with Gasteiger partial charge in [-0.05, 0) is 31.9 Å². The molecule has 106 valence electrons. The van der Waals surface area contributed by atoms with Crippen molar-refractivity contribution >= 4 is 5.97 Å². The van der Waals surface area contributed by atoms with Crippen LogP contribution in [0.25, 0.3) is 0 Å². The molecule has 1 aromatic rings. The van der Waals surface area contributed by atoms with Crippen molar-refractivity contribution in [1.29, 1.82) is 0 Å². The number of carboxylic acids is 1. The molecule has 0 aliphatic carbocycles. The van der Waals surface area contributed by atoms with Gasteiger partial charge in [-0.1, -0.05) is 31.5 Å². The summed E-state index contributed by atoms with van der Waals surface area (Å²) in [5.41, 5.74) is 0.351. The van der Waals surface area contributed by atoms with Crippen LogP contribution in [0.4, 0.5) is 0 Å². The van der Waals surface area contributed by atoms with E-state index in [1.54, 1.807) is 0 Å². The number of hydrogen-bond acceptors (Lipinski definition) is 3. The minimum Gasteiger partial charge on any atom is -0.492 e. The second kappa shape index (κ2) is 7.14. The summed E-state index contributed by atoms with van der Waals surface area (Å²) >= 11 is 0. The van der Waals surface area contributed by atoms with Gasteiger partial charge in [-0.15, -0.1) is 0 Å². The Kier molecular flexibility index (Phi) is 5.83. The van der Waals surface area contributed by atoms with Crippen LogP contribution in [0.1, 0.15) is 32.3 Å². The van der Waals surface area contributed by atoms with Crippen molar-refractivity contribution in [2.75, 3.05) is 13.2 Å². The quantitative estimate of drug-likeness (QED) is 0.709. The lowest BCUT2D eigenvalue weighted by Gasteiger charge is -2.28. The summed E-state index contributed by atoms with van der Waals surface area (Å²) in [6, 6.07) is 7.81. The van der Waals surface area contributed by atoms with E-state index >= 15 is 0 Å². The van der Waals surface area contributed by atoms with E-state index in [0.29, 0.717) is 26.0 Å². The molecular weight excluding hydrogens is 242 g/mol. The van der Waals surface area contributed by atoms with Crippen molar-refractivity contribution in [1.82, 2.24) is 5.32 Å². The molecular formula is C15H23NO3. The predicted octanol–water partition coefficient (Wildman–Crippen LogP) is 2.61. The van der Waals surface area contributed by atoms with Crippen molar-refractivity contribution < 1.29 is 14.6 Å². The number of carboxylic acid groups (broad SMARTS) is 1. The van der Waals surface area contributed by atoms with Gasteiger partial charge in [-0.2, -0.15) is 0 Å². The number of carbonyl (C=O) groups is 1. The third kappa shape index (κ3) is 4.24. The van der Waals surface area contributed by atoms with E-state index in [-0.39, 0.29) is 0 Å². The Hall–Kier alpha value is -1.55. The molecule has 0 amide bonds. The molecule has 0 atom stereocenters. The zero-order chi connectivity index (χ0) is 14.3. The fraction of sp³-hybridized carbons (Fsp3) is 0.533. The molecule has 0 aromatic heterocycles. The van der Waals surface area contributed by atoms with Gasteiger partial charge < -0.3 is 9.84 Å². The summed E-state index contributed by atoms with van der Waals surface area (Å²) in [5.74, 6) is 0.00848. The Morgan fingerprint density at radius 1 is 1.26 bits per heavy atom. The summed E-state index contributed by atoms with van der Waals surface area (Å²) < 4.78 is 5.57. The molecule has 0 aliphatic rings. The number of benzene rings is 1. The van der Waals surface area contributed by atoms with Crippen LogP contribution >= 0.6 is 0 Å². The molecule has 0 radical (unpaired) electrons. The maximum Gasteiger partial charge on any atom is 0.323 e. The van der Waals surface area contributed by atoms with Gasteiger partial charge in [-0.25, -0.2) is 0 Å². The molecule has 1 rings (SSSR count). The zero-order valence-electron chi connectivity index (χ0n) is 11.9. The van der Waals surface area contributed by atoms with Crippen LogP contribution in [-0.4, -0.2) is 29.8 Å². The summed E-state index contributed by atoms with van der Waals surface area (Å²) in [5, 5.41) is 12.4. The molecule has 2 N–H and O–H groups in total. The summed E-state index contributed by atoms with van der Waals surface area (Å²) in [7, 11) is 0. The second-order valence-electron chi connectivity index (χ2n) is 4.68. The first-order chi connectivity index (χ1) is 9.04. The molecule has 19 heavy (non-hydrogen) atoms. The molecule has 0 saturated heterocycles. The SMILES string of the molecule is CCC(CC)(NCCOc1ccc(C)cc1)C(=O)O. The Morgan fingerprint density at radius 3 is 2.32 bits per heavy atom. The minimum absolute atomic E-state index is 0.456. The molecule has 0 unspecified atom stereocenters. The average molecular weight is 265 g/mol. The lowest BCUT2D eigenvalue weighted by Crippen LogP contribution is -2.52. The fourth-order valence-electron chi connectivity index (χ4n) is 1.97. The predicted molar refractivity (Wildman–Crippen MR) is 75.6 cm³/mol. The van der Waals surface area contributed by atoms with E-state index in [1.807, 2.05) is 45.0 Å². The minimum atomic E-state index is -0.837.